The standard InChI is InChI=1S/C29H26BrClN2O5S/c1-4-37-24-12-20(13-25-28(35)33(29(36)39-25)15-19-8-5-17(2)6-9-19)11-22(30)27(24)38-16-26(34)32-21-10-7-18(3)23(31)14-21/h5-14H,4,15-16H2,1-3H3,(H,32,34)/b25-13-. The average Bonchev–Trinajstić information content (AvgIpc) is 3.14. The van der Waals surface area contributed by atoms with Crippen LogP contribution >= 0.6 is 39.3 Å². The van der Waals surface area contributed by atoms with Gasteiger partial charge in [0.25, 0.3) is 17.1 Å². The number of nitrogens with zero attached hydrogens (tertiary/aromatic N) is 1. The predicted octanol–water partition coefficient (Wildman–Crippen LogP) is 7.37. The van der Waals surface area contributed by atoms with Crippen molar-refractivity contribution in [1.82, 2.24) is 4.90 Å². The number of anilines is 1. The summed E-state index contributed by atoms with van der Waals surface area (Å²) in [4.78, 5) is 39.6. The summed E-state index contributed by atoms with van der Waals surface area (Å²) in [6.45, 7) is 5.99. The monoisotopic (exact) mass is 628 g/mol. The van der Waals surface area contributed by atoms with E-state index in [-0.39, 0.29) is 30.2 Å². The zero-order valence-corrected chi connectivity index (χ0v) is 24.7. The molecule has 1 heterocycles. The van der Waals surface area contributed by atoms with Crippen LogP contribution in [-0.2, 0) is 16.1 Å². The molecule has 0 aliphatic carbocycles. The van der Waals surface area contributed by atoms with Crippen LogP contribution in [0.1, 0.15) is 29.2 Å². The smallest absolute Gasteiger partial charge is 0.293 e. The number of thioether (sulfide) groups is 1. The maximum Gasteiger partial charge on any atom is 0.293 e. The molecule has 1 aliphatic heterocycles. The molecule has 4 rings (SSSR count). The molecule has 10 heteroatoms. The number of rotatable bonds is 9. The fourth-order valence-electron chi connectivity index (χ4n) is 3.74. The molecule has 3 aromatic carbocycles. The lowest BCUT2D eigenvalue weighted by atomic mass is 10.1. The Balaban J connectivity index is 1.48. The first-order chi connectivity index (χ1) is 18.6. The molecule has 39 heavy (non-hydrogen) atoms. The number of aryl methyl sites for hydroxylation is 2. The van der Waals surface area contributed by atoms with Crippen LogP contribution in [0.2, 0.25) is 5.02 Å². The van der Waals surface area contributed by atoms with Crippen molar-refractivity contribution in [1.29, 1.82) is 0 Å². The van der Waals surface area contributed by atoms with Crippen molar-refractivity contribution in [2.75, 3.05) is 18.5 Å². The maximum absolute atomic E-state index is 13.0. The van der Waals surface area contributed by atoms with E-state index in [4.69, 9.17) is 21.1 Å². The van der Waals surface area contributed by atoms with Crippen LogP contribution in [0, 0.1) is 13.8 Å². The Hall–Kier alpha value is -3.27. The Kier molecular flexibility index (Phi) is 9.37. The van der Waals surface area contributed by atoms with E-state index in [1.54, 1.807) is 30.3 Å². The third-order valence-corrected chi connectivity index (χ3v) is 7.67. The largest absolute Gasteiger partial charge is 0.490 e. The summed E-state index contributed by atoms with van der Waals surface area (Å²) in [6, 6.07) is 16.4. The van der Waals surface area contributed by atoms with E-state index in [1.165, 1.54) is 4.90 Å². The lowest BCUT2D eigenvalue weighted by Gasteiger charge is -2.15. The summed E-state index contributed by atoms with van der Waals surface area (Å²) in [5.74, 6) is 0.0187. The summed E-state index contributed by atoms with van der Waals surface area (Å²) in [5, 5.41) is 2.98. The molecule has 0 unspecified atom stereocenters. The SMILES string of the molecule is CCOc1cc(/C=C2\SC(=O)N(Cc3ccc(C)cc3)C2=O)cc(Br)c1OCC(=O)Nc1ccc(C)c(Cl)c1. The van der Waals surface area contributed by atoms with E-state index in [0.717, 1.165) is 28.5 Å². The molecule has 3 amide bonds. The van der Waals surface area contributed by atoms with Crippen LogP contribution in [0.15, 0.2) is 64.0 Å². The molecule has 1 aliphatic rings. The lowest BCUT2D eigenvalue weighted by molar-refractivity contribution is -0.123. The number of imide groups is 1. The molecular formula is C29H26BrClN2O5S. The molecule has 0 saturated carbocycles. The third-order valence-electron chi connectivity index (χ3n) is 5.77. The molecule has 0 spiro atoms. The lowest BCUT2D eigenvalue weighted by Crippen LogP contribution is -2.27. The topological polar surface area (TPSA) is 84.9 Å². The van der Waals surface area contributed by atoms with Crippen molar-refractivity contribution in [2.24, 2.45) is 0 Å². The van der Waals surface area contributed by atoms with Crippen molar-refractivity contribution in [3.05, 3.63) is 91.3 Å². The number of hydrogen-bond acceptors (Lipinski definition) is 6. The van der Waals surface area contributed by atoms with E-state index in [1.807, 2.05) is 51.1 Å². The second kappa shape index (κ2) is 12.7. The molecule has 1 saturated heterocycles. The summed E-state index contributed by atoms with van der Waals surface area (Å²) >= 11 is 10.5. The summed E-state index contributed by atoms with van der Waals surface area (Å²) < 4.78 is 12.1. The number of carbonyl (C=O) groups excluding carboxylic acids is 3. The Morgan fingerprint density at radius 3 is 2.51 bits per heavy atom. The van der Waals surface area contributed by atoms with Crippen molar-refractivity contribution in [3.63, 3.8) is 0 Å². The predicted molar refractivity (Wildman–Crippen MR) is 158 cm³/mol. The van der Waals surface area contributed by atoms with Crippen LogP contribution < -0.4 is 14.8 Å². The molecule has 0 radical (unpaired) electrons. The molecule has 202 valence electrons. The van der Waals surface area contributed by atoms with Gasteiger partial charge in [-0.15, -0.1) is 0 Å². The van der Waals surface area contributed by atoms with Crippen LogP contribution in [0.3, 0.4) is 0 Å². The number of amides is 3. The van der Waals surface area contributed by atoms with Crippen molar-refractivity contribution < 1.29 is 23.9 Å². The first-order valence-corrected chi connectivity index (χ1v) is 14.1. The van der Waals surface area contributed by atoms with Crippen molar-refractivity contribution in [3.8, 4) is 11.5 Å². The van der Waals surface area contributed by atoms with E-state index >= 15 is 0 Å². The molecule has 0 atom stereocenters. The van der Waals surface area contributed by atoms with Gasteiger partial charge in [0, 0.05) is 10.7 Å². The molecule has 0 bridgehead atoms. The van der Waals surface area contributed by atoms with E-state index in [9.17, 15) is 14.4 Å². The molecule has 3 aromatic rings. The van der Waals surface area contributed by atoms with Gasteiger partial charge in [-0.3, -0.25) is 19.3 Å². The van der Waals surface area contributed by atoms with Gasteiger partial charge in [0.2, 0.25) is 0 Å². The highest BCUT2D eigenvalue weighted by molar-refractivity contribution is 9.10. The fourth-order valence-corrected chi connectivity index (χ4v) is 5.34. The Morgan fingerprint density at radius 2 is 1.82 bits per heavy atom. The van der Waals surface area contributed by atoms with Crippen molar-refractivity contribution >= 4 is 68.1 Å². The highest BCUT2D eigenvalue weighted by atomic mass is 79.9. The quantitative estimate of drug-likeness (QED) is 0.249. The molecule has 7 nitrogen and oxygen atoms in total. The van der Waals surface area contributed by atoms with Crippen molar-refractivity contribution in [2.45, 2.75) is 27.3 Å². The number of hydrogen-bond donors (Lipinski definition) is 1. The van der Waals surface area contributed by atoms with Gasteiger partial charge in [0.05, 0.1) is 22.5 Å². The zero-order valence-electron chi connectivity index (χ0n) is 21.5. The Labute approximate surface area is 244 Å². The van der Waals surface area contributed by atoms with Crippen LogP contribution in [0.5, 0.6) is 11.5 Å². The van der Waals surface area contributed by atoms with Gasteiger partial charge >= 0.3 is 0 Å². The highest BCUT2D eigenvalue weighted by Gasteiger charge is 2.35. The molecule has 0 aromatic heterocycles. The first kappa shape index (κ1) is 28.7. The number of nitrogens with one attached hydrogen (secondary N) is 1. The summed E-state index contributed by atoms with van der Waals surface area (Å²) in [5.41, 5.74) is 4.09. The maximum atomic E-state index is 13.0. The van der Waals surface area contributed by atoms with Crippen LogP contribution in [0.25, 0.3) is 6.08 Å². The second-order valence-electron chi connectivity index (χ2n) is 8.82. The normalized spacial score (nSPS) is 14.2. The Morgan fingerprint density at radius 1 is 1.08 bits per heavy atom. The van der Waals surface area contributed by atoms with Crippen LogP contribution in [0.4, 0.5) is 10.5 Å². The Bertz CT molecular complexity index is 1460. The number of halogens is 2. The minimum atomic E-state index is -0.365. The van der Waals surface area contributed by atoms with Gasteiger partial charge < -0.3 is 14.8 Å². The number of benzene rings is 3. The van der Waals surface area contributed by atoms with E-state index in [0.29, 0.717) is 43.8 Å². The highest BCUT2D eigenvalue weighted by Crippen LogP contribution is 2.39. The van der Waals surface area contributed by atoms with E-state index < -0.39 is 0 Å². The van der Waals surface area contributed by atoms with Gasteiger partial charge in [-0.05, 0) is 95.5 Å². The van der Waals surface area contributed by atoms with Gasteiger partial charge in [0.1, 0.15) is 0 Å². The van der Waals surface area contributed by atoms with Crippen LogP contribution in [-0.4, -0.2) is 35.2 Å². The van der Waals surface area contributed by atoms with Gasteiger partial charge in [-0.2, -0.15) is 0 Å². The minimum Gasteiger partial charge on any atom is -0.490 e. The van der Waals surface area contributed by atoms with E-state index in [2.05, 4.69) is 21.2 Å². The summed E-state index contributed by atoms with van der Waals surface area (Å²) in [7, 11) is 0. The van der Waals surface area contributed by atoms with Gasteiger partial charge in [-0.25, -0.2) is 0 Å². The number of ether oxygens (including phenoxy) is 2. The molecule has 1 fully saturated rings. The number of carbonyl (C=O) groups is 3. The third kappa shape index (κ3) is 7.23. The molecular weight excluding hydrogens is 604 g/mol. The minimum absolute atomic E-state index is 0.208. The average molecular weight is 630 g/mol. The first-order valence-electron chi connectivity index (χ1n) is 12.1. The summed E-state index contributed by atoms with van der Waals surface area (Å²) in [6.07, 6.45) is 1.64. The molecule has 1 N–H and O–H groups in total. The zero-order chi connectivity index (χ0) is 28.1. The second-order valence-corrected chi connectivity index (χ2v) is 11.1. The fraction of sp³-hybridized carbons (Fsp3) is 0.207. The van der Waals surface area contributed by atoms with Gasteiger partial charge in [-0.1, -0.05) is 47.5 Å². The van der Waals surface area contributed by atoms with Gasteiger partial charge in [0.15, 0.2) is 18.1 Å².